The summed E-state index contributed by atoms with van der Waals surface area (Å²) in [5, 5.41) is 10.5. The smallest absolute Gasteiger partial charge is 0.230 e. The molecule has 2 aliphatic rings. The topological polar surface area (TPSA) is 71.8 Å². The number of carbonyl (C=O) groups is 1. The number of piperidine rings is 1. The molecule has 0 radical (unpaired) electrons. The van der Waals surface area contributed by atoms with E-state index in [1.54, 1.807) is 11.7 Å². The van der Waals surface area contributed by atoms with Gasteiger partial charge in [0.05, 0.1) is 0 Å². The summed E-state index contributed by atoms with van der Waals surface area (Å²) in [5.74, 6) is -0.493. The number of nitrogens with one attached hydrogen (secondary N) is 2. The van der Waals surface area contributed by atoms with Crippen LogP contribution in [0.4, 0.5) is 14.7 Å². The first kappa shape index (κ1) is 17.1. The lowest BCUT2D eigenvalue weighted by Crippen LogP contribution is -2.27. The second kappa shape index (κ2) is 6.75. The number of nitrogens with zero attached hydrogens (tertiary/aromatic N) is 3. The van der Waals surface area contributed by atoms with Crippen LogP contribution in [0.5, 0.6) is 0 Å². The van der Waals surface area contributed by atoms with Crippen LogP contribution in [-0.2, 0) is 11.8 Å². The lowest BCUT2D eigenvalue weighted by molar-refractivity contribution is -0.117. The van der Waals surface area contributed by atoms with Gasteiger partial charge >= 0.3 is 0 Å². The van der Waals surface area contributed by atoms with Crippen LogP contribution in [0.2, 0.25) is 0 Å². The summed E-state index contributed by atoms with van der Waals surface area (Å²) in [5.41, 5.74) is 0.389. The van der Waals surface area contributed by atoms with E-state index in [-0.39, 0.29) is 17.7 Å². The number of hydrogen-bond acceptors (Lipinski definition) is 4. The maximum atomic E-state index is 13.9. The van der Waals surface area contributed by atoms with Gasteiger partial charge in [-0.15, -0.1) is 0 Å². The molecule has 1 aromatic carbocycles. The molecule has 138 valence electrons. The summed E-state index contributed by atoms with van der Waals surface area (Å²) in [6.07, 6.45) is 2.51. The molecule has 1 aliphatic carbocycles. The van der Waals surface area contributed by atoms with Gasteiger partial charge in [-0.1, -0.05) is 6.07 Å². The molecular weight excluding hydrogens is 340 g/mol. The Morgan fingerprint density at radius 2 is 2.08 bits per heavy atom. The molecule has 1 saturated carbocycles. The Morgan fingerprint density at radius 1 is 1.31 bits per heavy atom. The van der Waals surface area contributed by atoms with Crippen molar-refractivity contribution in [3.05, 3.63) is 41.2 Å². The van der Waals surface area contributed by atoms with E-state index in [9.17, 15) is 13.6 Å². The number of aryl methyl sites for hydroxylation is 1. The van der Waals surface area contributed by atoms with E-state index in [4.69, 9.17) is 0 Å². The van der Waals surface area contributed by atoms with E-state index >= 15 is 0 Å². The fourth-order valence-corrected chi connectivity index (χ4v) is 3.60. The average molecular weight is 361 g/mol. The molecular formula is C18H21F2N5O. The first-order valence-electron chi connectivity index (χ1n) is 8.90. The van der Waals surface area contributed by atoms with Crippen LogP contribution in [0, 0.1) is 17.6 Å². The van der Waals surface area contributed by atoms with Gasteiger partial charge in [-0.05, 0) is 49.9 Å². The van der Waals surface area contributed by atoms with Crippen LogP contribution in [0.1, 0.15) is 42.5 Å². The van der Waals surface area contributed by atoms with E-state index in [1.165, 1.54) is 12.1 Å². The lowest BCUT2D eigenvalue weighted by Gasteiger charge is -2.19. The van der Waals surface area contributed by atoms with Crippen molar-refractivity contribution in [3.63, 3.8) is 0 Å². The van der Waals surface area contributed by atoms with Crippen molar-refractivity contribution >= 4 is 11.9 Å². The molecule has 2 N–H and O–H groups in total. The summed E-state index contributed by atoms with van der Waals surface area (Å²) in [6, 6.07) is 3.50. The molecule has 0 bridgehead atoms. The number of amides is 1. The first-order chi connectivity index (χ1) is 12.5. The van der Waals surface area contributed by atoms with E-state index in [1.807, 2.05) is 0 Å². The molecule has 0 spiro atoms. The number of halogens is 2. The van der Waals surface area contributed by atoms with Crippen molar-refractivity contribution in [2.24, 2.45) is 13.0 Å². The van der Waals surface area contributed by atoms with Gasteiger partial charge in [0, 0.05) is 24.9 Å². The highest BCUT2D eigenvalue weighted by atomic mass is 19.1. The van der Waals surface area contributed by atoms with Gasteiger partial charge in [0.25, 0.3) is 0 Å². The van der Waals surface area contributed by atoms with Gasteiger partial charge < -0.3 is 5.32 Å². The monoisotopic (exact) mass is 361 g/mol. The molecule has 4 rings (SSSR count). The van der Waals surface area contributed by atoms with Crippen molar-refractivity contribution in [2.45, 2.75) is 31.1 Å². The first-order valence-corrected chi connectivity index (χ1v) is 8.90. The number of benzene rings is 1. The predicted octanol–water partition coefficient (Wildman–Crippen LogP) is 2.30. The standard InChI is InChI=1S/C18H21F2N5O/c1-25-18(22-16(24-25)10-4-6-21-7-5-10)23-17(26)14-9-13(14)12-3-2-11(19)8-15(12)20/h2-3,8,10,13-14,21H,4-7,9H2,1H3,(H,22,23,24,26). The number of hydrogen-bond donors (Lipinski definition) is 2. The Kier molecular flexibility index (Phi) is 4.44. The summed E-state index contributed by atoms with van der Waals surface area (Å²) >= 11 is 0. The molecule has 26 heavy (non-hydrogen) atoms. The van der Waals surface area contributed by atoms with Crippen molar-refractivity contribution < 1.29 is 13.6 Å². The highest BCUT2D eigenvalue weighted by molar-refractivity contribution is 5.93. The Morgan fingerprint density at radius 3 is 2.81 bits per heavy atom. The van der Waals surface area contributed by atoms with E-state index in [0.29, 0.717) is 23.9 Å². The van der Waals surface area contributed by atoms with E-state index < -0.39 is 11.6 Å². The summed E-state index contributed by atoms with van der Waals surface area (Å²) in [6.45, 7) is 1.88. The maximum absolute atomic E-state index is 13.9. The quantitative estimate of drug-likeness (QED) is 0.877. The fourth-order valence-electron chi connectivity index (χ4n) is 3.60. The predicted molar refractivity (Wildman–Crippen MR) is 91.7 cm³/mol. The zero-order chi connectivity index (χ0) is 18.3. The largest absolute Gasteiger partial charge is 0.317 e. The minimum absolute atomic E-state index is 0.203. The molecule has 2 unspecified atom stereocenters. The SMILES string of the molecule is Cn1nc(C2CCNCC2)nc1NC(=O)C1CC1c1ccc(F)cc1F. The van der Waals surface area contributed by atoms with Crippen LogP contribution in [0.15, 0.2) is 18.2 Å². The Labute approximate surface area is 150 Å². The molecule has 2 atom stereocenters. The summed E-state index contributed by atoms with van der Waals surface area (Å²) in [4.78, 5) is 17.0. The third kappa shape index (κ3) is 3.33. The second-order valence-corrected chi connectivity index (χ2v) is 7.05. The molecule has 2 fully saturated rings. The minimum atomic E-state index is -0.613. The number of rotatable bonds is 4. The lowest BCUT2D eigenvalue weighted by atomic mass is 9.98. The van der Waals surface area contributed by atoms with Gasteiger partial charge in [-0.2, -0.15) is 10.1 Å². The second-order valence-electron chi connectivity index (χ2n) is 7.05. The van der Waals surface area contributed by atoms with Crippen molar-refractivity contribution in [2.75, 3.05) is 18.4 Å². The van der Waals surface area contributed by atoms with Gasteiger partial charge in [0.1, 0.15) is 11.6 Å². The molecule has 8 heteroatoms. The van der Waals surface area contributed by atoms with Crippen molar-refractivity contribution in [1.82, 2.24) is 20.1 Å². The van der Waals surface area contributed by atoms with Crippen molar-refractivity contribution in [1.29, 1.82) is 0 Å². The van der Waals surface area contributed by atoms with Crippen molar-refractivity contribution in [3.8, 4) is 0 Å². The molecule has 6 nitrogen and oxygen atoms in total. The molecule has 1 amide bonds. The van der Waals surface area contributed by atoms with E-state index in [2.05, 4.69) is 20.7 Å². The maximum Gasteiger partial charge on any atom is 0.230 e. The molecule has 1 aliphatic heterocycles. The van der Waals surface area contributed by atoms with Crippen LogP contribution < -0.4 is 10.6 Å². The van der Waals surface area contributed by atoms with Gasteiger partial charge in [0.2, 0.25) is 11.9 Å². The van der Waals surface area contributed by atoms with Gasteiger partial charge in [-0.3, -0.25) is 10.1 Å². The zero-order valence-corrected chi connectivity index (χ0v) is 14.5. The number of anilines is 1. The van der Waals surface area contributed by atoms with E-state index in [0.717, 1.165) is 37.8 Å². The average Bonchev–Trinajstić information content (AvgIpc) is 3.33. The Hall–Kier alpha value is -2.35. The summed E-state index contributed by atoms with van der Waals surface area (Å²) < 4.78 is 28.5. The zero-order valence-electron chi connectivity index (χ0n) is 14.5. The Balaban J connectivity index is 1.42. The van der Waals surface area contributed by atoms with Crippen LogP contribution in [0.25, 0.3) is 0 Å². The summed E-state index contributed by atoms with van der Waals surface area (Å²) in [7, 11) is 1.75. The molecule has 1 saturated heterocycles. The highest BCUT2D eigenvalue weighted by Gasteiger charge is 2.45. The molecule has 2 heterocycles. The van der Waals surface area contributed by atoms with Gasteiger partial charge in [0.15, 0.2) is 5.82 Å². The van der Waals surface area contributed by atoms with Crippen LogP contribution in [0.3, 0.4) is 0 Å². The third-order valence-corrected chi connectivity index (χ3v) is 5.21. The molecule has 2 aromatic rings. The van der Waals surface area contributed by atoms with Crippen LogP contribution in [-0.4, -0.2) is 33.8 Å². The Bertz CT molecular complexity index is 831. The number of aromatic nitrogens is 3. The molecule has 1 aromatic heterocycles. The fraction of sp³-hybridized carbons (Fsp3) is 0.500. The normalized spacial score (nSPS) is 23.0. The third-order valence-electron chi connectivity index (χ3n) is 5.21. The highest BCUT2D eigenvalue weighted by Crippen LogP contribution is 2.48. The van der Waals surface area contributed by atoms with Crippen LogP contribution >= 0.6 is 0 Å². The minimum Gasteiger partial charge on any atom is -0.317 e. The van der Waals surface area contributed by atoms with Gasteiger partial charge in [-0.25, -0.2) is 13.5 Å². The number of carbonyl (C=O) groups excluding carboxylic acids is 1.